The molecule has 168 valence electrons. The maximum Gasteiger partial charge on any atom is 0.229 e. The largest absolute Gasteiger partial charge is 0.366 e. The van der Waals surface area contributed by atoms with Gasteiger partial charge in [-0.05, 0) is 67.5 Å². The third-order valence-electron chi connectivity index (χ3n) is 5.73. The molecule has 0 saturated heterocycles. The van der Waals surface area contributed by atoms with Gasteiger partial charge in [0.1, 0.15) is 5.82 Å². The minimum atomic E-state index is -3.89. The van der Waals surface area contributed by atoms with Crippen LogP contribution in [0, 0.1) is 13.8 Å². The summed E-state index contributed by atoms with van der Waals surface area (Å²) in [5.41, 5.74) is 4.13. The molecule has 0 amide bonds. The zero-order valence-electron chi connectivity index (χ0n) is 18.5. The van der Waals surface area contributed by atoms with Gasteiger partial charge < -0.3 is 5.32 Å². The monoisotopic (exact) mass is 477 g/mol. The first-order chi connectivity index (χ1) is 15.8. The maximum absolute atomic E-state index is 13.4. The second kappa shape index (κ2) is 8.24. The van der Waals surface area contributed by atoms with E-state index in [1.165, 1.54) is 21.4 Å². The van der Waals surface area contributed by atoms with Crippen molar-refractivity contribution >= 4 is 42.9 Å². The molecular formula is C24H23N5O2S2. The van der Waals surface area contributed by atoms with Crippen molar-refractivity contribution < 1.29 is 8.42 Å². The molecule has 0 bridgehead atoms. The third-order valence-corrected chi connectivity index (χ3v) is 8.29. The molecule has 0 saturated carbocycles. The fourth-order valence-corrected chi connectivity index (χ4v) is 5.98. The SMILES string of the molecule is Cc1ccc(S(=O)(=O)c2nnn3c2nc(NC(C)Cc2ccccc2)c2sccc23)cc1C. The van der Waals surface area contributed by atoms with Gasteiger partial charge in [-0.1, -0.05) is 41.6 Å². The Kier molecular flexibility index (Phi) is 5.38. The van der Waals surface area contributed by atoms with E-state index >= 15 is 0 Å². The van der Waals surface area contributed by atoms with Crippen molar-refractivity contribution in [3.63, 3.8) is 0 Å². The van der Waals surface area contributed by atoms with Gasteiger partial charge in [0.15, 0.2) is 5.65 Å². The highest BCUT2D eigenvalue weighted by Crippen LogP contribution is 2.32. The molecule has 3 heterocycles. The summed E-state index contributed by atoms with van der Waals surface area (Å²) in [5, 5.41) is 13.5. The summed E-state index contributed by atoms with van der Waals surface area (Å²) in [4.78, 5) is 4.89. The molecule has 0 aliphatic rings. The van der Waals surface area contributed by atoms with Gasteiger partial charge in [-0.2, -0.15) is 4.52 Å². The second-order valence-electron chi connectivity index (χ2n) is 8.21. The highest BCUT2D eigenvalue weighted by Gasteiger charge is 2.28. The van der Waals surface area contributed by atoms with Crippen LogP contribution in [0.3, 0.4) is 0 Å². The number of fused-ring (bicyclic) bond motifs is 3. The smallest absolute Gasteiger partial charge is 0.229 e. The zero-order valence-corrected chi connectivity index (χ0v) is 20.1. The Labute approximate surface area is 196 Å². The molecule has 5 rings (SSSR count). The zero-order chi connectivity index (χ0) is 23.2. The van der Waals surface area contributed by atoms with E-state index < -0.39 is 9.84 Å². The van der Waals surface area contributed by atoms with Crippen molar-refractivity contribution in [2.24, 2.45) is 0 Å². The highest BCUT2D eigenvalue weighted by molar-refractivity contribution is 7.91. The molecule has 33 heavy (non-hydrogen) atoms. The van der Waals surface area contributed by atoms with Gasteiger partial charge in [-0.15, -0.1) is 16.4 Å². The molecule has 3 aromatic heterocycles. The summed E-state index contributed by atoms with van der Waals surface area (Å²) >= 11 is 1.53. The van der Waals surface area contributed by atoms with Crippen molar-refractivity contribution in [1.29, 1.82) is 0 Å². The van der Waals surface area contributed by atoms with Gasteiger partial charge in [0, 0.05) is 6.04 Å². The van der Waals surface area contributed by atoms with E-state index in [1.54, 1.807) is 18.2 Å². The fraction of sp³-hybridized carbons (Fsp3) is 0.208. The average molecular weight is 478 g/mol. The quantitative estimate of drug-likeness (QED) is 0.377. The fourth-order valence-electron chi connectivity index (χ4n) is 3.84. The summed E-state index contributed by atoms with van der Waals surface area (Å²) in [6, 6.07) is 17.3. The van der Waals surface area contributed by atoms with Gasteiger partial charge in [0.05, 0.1) is 15.1 Å². The second-order valence-corrected chi connectivity index (χ2v) is 11.0. The predicted octanol–water partition coefficient (Wildman–Crippen LogP) is 4.83. The van der Waals surface area contributed by atoms with Crippen LogP contribution >= 0.6 is 11.3 Å². The number of rotatable bonds is 6. The Bertz CT molecular complexity index is 1570. The van der Waals surface area contributed by atoms with Gasteiger partial charge in [-0.25, -0.2) is 13.4 Å². The van der Waals surface area contributed by atoms with E-state index in [0.29, 0.717) is 5.82 Å². The maximum atomic E-state index is 13.4. The number of hydrogen-bond donors (Lipinski definition) is 1. The number of nitrogens with one attached hydrogen (secondary N) is 1. The number of anilines is 1. The molecule has 1 N–H and O–H groups in total. The number of thiophene rings is 1. The van der Waals surface area contributed by atoms with E-state index in [4.69, 9.17) is 4.98 Å². The highest BCUT2D eigenvalue weighted by atomic mass is 32.2. The third kappa shape index (κ3) is 3.87. The van der Waals surface area contributed by atoms with E-state index in [0.717, 1.165) is 27.8 Å². The van der Waals surface area contributed by atoms with Crippen LogP contribution in [0.25, 0.3) is 15.9 Å². The molecule has 9 heteroatoms. The lowest BCUT2D eigenvalue weighted by Gasteiger charge is -2.15. The normalized spacial score (nSPS) is 12.9. The number of aryl methyl sites for hydroxylation is 2. The van der Waals surface area contributed by atoms with Crippen LogP contribution in [0.5, 0.6) is 0 Å². The lowest BCUT2D eigenvalue weighted by atomic mass is 10.1. The van der Waals surface area contributed by atoms with Crippen LogP contribution in [0.1, 0.15) is 23.6 Å². The van der Waals surface area contributed by atoms with Crippen molar-refractivity contribution in [2.45, 2.75) is 43.2 Å². The number of benzene rings is 2. The number of nitrogens with zero attached hydrogens (tertiary/aromatic N) is 4. The van der Waals surface area contributed by atoms with Crippen LogP contribution < -0.4 is 5.32 Å². The van der Waals surface area contributed by atoms with E-state index in [9.17, 15) is 8.42 Å². The summed E-state index contributed by atoms with van der Waals surface area (Å²) in [6.45, 7) is 5.92. The molecule has 0 aliphatic heterocycles. The van der Waals surface area contributed by atoms with Crippen molar-refractivity contribution in [2.75, 3.05) is 5.32 Å². The molecule has 0 radical (unpaired) electrons. The Hall–Kier alpha value is -3.30. The molecule has 5 aromatic rings. The van der Waals surface area contributed by atoms with Crippen LogP contribution in [-0.2, 0) is 16.3 Å². The van der Waals surface area contributed by atoms with E-state index in [-0.39, 0.29) is 21.6 Å². The summed E-state index contributed by atoms with van der Waals surface area (Å²) < 4.78 is 29.3. The van der Waals surface area contributed by atoms with Crippen LogP contribution in [0.15, 0.2) is 69.9 Å². The Morgan fingerprint density at radius 1 is 1.06 bits per heavy atom. The molecule has 1 atom stereocenters. The topological polar surface area (TPSA) is 89.2 Å². The Morgan fingerprint density at radius 2 is 1.85 bits per heavy atom. The molecule has 7 nitrogen and oxygen atoms in total. The molecule has 0 aliphatic carbocycles. The Balaban J connectivity index is 1.59. The average Bonchev–Trinajstić information content (AvgIpc) is 3.43. The van der Waals surface area contributed by atoms with Gasteiger partial charge in [-0.3, -0.25) is 0 Å². The lowest BCUT2D eigenvalue weighted by molar-refractivity contribution is 0.592. The van der Waals surface area contributed by atoms with Gasteiger partial charge in [0.25, 0.3) is 0 Å². The van der Waals surface area contributed by atoms with Crippen LogP contribution in [-0.4, -0.2) is 34.3 Å². The number of hydrogen-bond acceptors (Lipinski definition) is 7. The van der Waals surface area contributed by atoms with E-state index in [2.05, 4.69) is 34.7 Å². The lowest BCUT2D eigenvalue weighted by Crippen LogP contribution is -2.19. The Morgan fingerprint density at radius 3 is 2.61 bits per heavy atom. The number of sulfone groups is 1. The summed E-state index contributed by atoms with van der Waals surface area (Å²) in [6.07, 6.45) is 0.811. The van der Waals surface area contributed by atoms with Crippen molar-refractivity contribution in [1.82, 2.24) is 19.8 Å². The summed E-state index contributed by atoms with van der Waals surface area (Å²) in [7, 11) is -3.89. The first-order valence-electron chi connectivity index (χ1n) is 10.6. The first kappa shape index (κ1) is 21.5. The standard InChI is InChI=1S/C24H23N5O2S2/c1-15-9-10-19(13-16(15)2)33(30,31)24-23-26-22(21-20(11-12-32-21)29(23)28-27-24)25-17(3)14-18-7-5-4-6-8-18/h4-13,17H,14H2,1-3H3,(H,25,26). The molecule has 0 spiro atoms. The molecule has 1 unspecified atom stereocenters. The van der Waals surface area contributed by atoms with Crippen LogP contribution in [0.4, 0.5) is 5.82 Å². The molecular weight excluding hydrogens is 454 g/mol. The first-order valence-corrected chi connectivity index (χ1v) is 13.0. The molecule has 2 aromatic carbocycles. The number of aromatic nitrogens is 4. The molecule has 0 fully saturated rings. The minimum Gasteiger partial charge on any atom is -0.366 e. The van der Waals surface area contributed by atoms with Gasteiger partial charge in [0.2, 0.25) is 14.9 Å². The van der Waals surface area contributed by atoms with Crippen molar-refractivity contribution in [3.8, 4) is 0 Å². The summed E-state index contributed by atoms with van der Waals surface area (Å²) in [5.74, 6) is 0.634. The van der Waals surface area contributed by atoms with Crippen LogP contribution in [0.2, 0.25) is 0 Å². The van der Waals surface area contributed by atoms with E-state index in [1.807, 2.05) is 43.5 Å². The minimum absolute atomic E-state index is 0.0864. The van der Waals surface area contributed by atoms with Crippen molar-refractivity contribution in [3.05, 3.63) is 76.7 Å². The van der Waals surface area contributed by atoms with Gasteiger partial charge >= 0.3 is 0 Å². The predicted molar refractivity (Wildman–Crippen MR) is 131 cm³/mol.